The van der Waals surface area contributed by atoms with Crippen LogP contribution in [0.25, 0.3) is 0 Å². The van der Waals surface area contributed by atoms with E-state index < -0.39 is 0 Å². The zero-order valence-corrected chi connectivity index (χ0v) is 3.44. The highest BCUT2D eigenvalue weighted by Crippen LogP contribution is 2.06. The van der Waals surface area contributed by atoms with E-state index in [1.54, 1.807) is 0 Å². The van der Waals surface area contributed by atoms with E-state index in [4.69, 9.17) is 0 Å². The summed E-state index contributed by atoms with van der Waals surface area (Å²) < 4.78 is 0. The molecule has 0 aromatic heterocycles. The minimum absolute atomic E-state index is 0.884. The molecule has 0 nitrogen and oxygen atoms in total. The van der Waals surface area contributed by atoms with Crippen molar-refractivity contribution in [1.29, 1.82) is 0 Å². The molecule has 1 heteroatoms. The van der Waals surface area contributed by atoms with E-state index >= 15 is 0 Å². The van der Waals surface area contributed by atoms with Gasteiger partial charge in [-0.1, -0.05) is 13.2 Å². The summed E-state index contributed by atoms with van der Waals surface area (Å²) in [5, 5.41) is 0. The minimum atomic E-state index is 0.884. The Morgan fingerprint density at radius 1 is 1.60 bits per heavy atom. The van der Waals surface area contributed by atoms with Crippen molar-refractivity contribution >= 4 is 6.71 Å². The fraction of sp³-hybridized carbons (Fsp3) is 0.500. The van der Waals surface area contributed by atoms with Gasteiger partial charge in [0.05, 0.1) is 0 Å². The van der Waals surface area contributed by atoms with Crippen molar-refractivity contribution in [2.75, 3.05) is 0 Å². The zero-order chi connectivity index (χ0) is 3.70. The van der Waals surface area contributed by atoms with Gasteiger partial charge in [0.1, 0.15) is 0 Å². The summed E-state index contributed by atoms with van der Waals surface area (Å²) in [5.74, 6) is 4.44. The molecule has 0 radical (unpaired) electrons. The summed E-state index contributed by atoms with van der Waals surface area (Å²) in [6.07, 6.45) is 1.31. The summed E-state index contributed by atoms with van der Waals surface area (Å²) in [4.78, 5) is 0. The van der Waals surface area contributed by atoms with E-state index in [0.29, 0.717) is 0 Å². The van der Waals surface area contributed by atoms with Crippen LogP contribution in [0.1, 0.15) is 6.92 Å². The summed E-state index contributed by atoms with van der Waals surface area (Å²) in [7, 11) is 0. The summed E-state index contributed by atoms with van der Waals surface area (Å²) >= 11 is 0. The molecule has 0 spiro atoms. The van der Waals surface area contributed by atoms with Crippen molar-refractivity contribution in [1.82, 2.24) is 0 Å². The largest absolute Gasteiger partial charge is 0.189 e. The predicted molar refractivity (Wildman–Crippen MR) is 25.4 cm³/mol. The highest BCUT2D eigenvalue weighted by molar-refractivity contribution is 6.79. The Kier molecular flexibility index (Phi) is 0.535. The SMILES string of the molecule is CCB1C=C1. The number of hydrogen-bond donors (Lipinski definition) is 0. The molecular formula is C4H7B. The second-order valence-corrected chi connectivity index (χ2v) is 1.46. The van der Waals surface area contributed by atoms with E-state index in [1.807, 2.05) is 0 Å². The van der Waals surface area contributed by atoms with E-state index in [2.05, 4.69) is 18.9 Å². The second kappa shape index (κ2) is 0.888. The van der Waals surface area contributed by atoms with Crippen LogP contribution in [-0.2, 0) is 0 Å². The molecule has 0 amide bonds. The smallest absolute Gasteiger partial charge is 0.123 e. The Hall–Kier alpha value is -0.195. The Morgan fingerprint density at radius 3 is 2.20 bits per heavy atom. The molecule has 0 saturated heterocycles. The molecule has 0 aromatic rings. The molecule has 0 fully saturated rings. The molecule has 0 unspecified atom stereocenters. The third-order valence-corrected chi connectivity index (χ3v) is 0.936. The Morgan fingerprint density at radius 2 is 2.20 bits per heavy atom. The first-order valence-corrected chi connectivity index (χ1v) is 2.12. The van der Waals surface area contributed by atoms with Crippen molar-refractivity contribution < 1.29 is 0 Å². The predicted octanol–water partition coefficient (Wildman–Crippen LogP) is 1.15. The van der Waals surface area contributed by atoms with Gasteiger partial charge in [0.25, 0.3) is 0 Å². The van der Waals surface area contributed by atoms with Gasteiger partial charge in [-0.2, -0.15) is 0 Å². The van der Waals surface area contributed by atoms with Gasteiger partial charge < -0.3 is 0 Å². The Bertz CT molecular complexity index is 50.7. The molecule has 0 bridgehead atoms. The first-order chi connectivity index (χ1) is 2.43. The van der Waals surface area contributed by atoms with Crippen molar-refractivity contribution in [2.45, 2.75) is 13.2 Å². The average Bonchev–Trinajstić information content (AvgIpc) is 2.12. The van der Waals surface area contributed by atoms with Crippen LogP contribution in [-0.4, -0.2) is 6.71 Å². The van der Waals surface area contributed by atoms with Crippen LogP contribution >= 0.6 is 0 Å². The van der Waals surface area contributed by atoms with Gasteiger partial charge in [-0.05, 0) is 0 Å². The zero-order valence-electron chi connectivity index (χ0n) is 3.44. The average molecular weight is 65.9 g/mol. The molecule has 0 N–H and O–H groups in total. The fourth-order valence-electron chi connectivity index (χ4n) is 0.351. The van der Waals surface area contributed by atoms with Crippen molar-refractivity contribution in [3.8, 4) is 0 Å². The molecule has 1 rings (SSSR count). The van der Waals surface area contributed by atoms with Crippen LogP contribution in [0.2, 0.25) is 6.32 Å². The molecule has 1 aliphatic heterocycles. The maximum Gasteiger partial charge on any atom is 0.189 e. The van der Waals surface area contributed by atoms with Crippen LogP contribution in [0.4, 0.5) is 0 Å². The van der Waals surface area contributed by atoms with Gasteiger partial charge >= 0.3 is 0 Å². The quantitative estimate of drug-likeness (QED) is 0.402. The van der Waals surface area contributed by atoms with Crippen LogP contribution in [0.15, 0.2) is 12.0 Å². The lowest BCUT2D eigenvalue weighted by molar-refractivity contribution is 1.46. The summed E-state index contributed by atoms with van der Waals surface area (Å²) in [6, 6.07) is 0. The van der Waals surface area contributed by atoms with E-state index in [-0.39, 0.29) is 0 Å². The van der Waals surface area contributed by atoms with Crippen LogP contribution in [0.5, 0.6) is 0 Å². The topological polar surface area (TPSA) is 0 Å². The maximum absolute atomic E-state index is 2.22. The van der Waals surface area contributed by atoms with Gasteiger partial charge in [-0.25, -0.2) is 0 Å². The Labute approximate surface area is 33.0 Å². The molecule has 0 aromatic carbocycles. The lowest BCUT2D eigenvalue weighted by Gasteiger charge is -1.69. The summed E-state index contributed by atoms with van der Waals surface area (Å²) in [5.41, 5.74) is 0. The lowest BCUT2D eigenvalue weighted by atomic mass is 9.65. The van der Waals surface area contributed by atoms with Gasteiger partial charge in [-0.3, -0.25) is 0 Å². The van der Waals surface area contributed by atoms with Crippen molar-refractivity contribution in [3.05, 3.63) is 12.0 Å². The number of hydrogen-bond acceptors (Lipinski definition) is 0. The molecule has 0 atom stereocenters. The molecule has 1 aliphatic rings. The second-order valence-electron chi connectivity index (χ2n) is 1.46. The van der Waals surface area contributed by atoms with Gasteiger partial charge in [0, 0.05) is 0 Å². The van der Waals surface area contributed by atoms with E-state index in [1.165, 1.54) is 6.32 Å². The van der Waals surface area contributed by atoms with Crippen molar-refractivity contribution in [3.63, 3.8) is 0 Å². The van der Waals surface area contributed by atoms with Gasteiger partial charge in [-0.15, -0.1) is 12.0 Å². The molecule has 0 saturated carbocycles. The normalized spacial score (nSPS) is 16.6. The van der Waals surface area contributed by atoms with Crippen LogP contribution < -0.4 is 0 Å². The van der Waals surface area contributed by atoms with Gasteiger partial charge in [0.2, 0.25) is 0 Å². The minimum Gasteiger partial charge on any atom is -0.123 e. The summed E-state index contributed by atoms with van der Waals surface area (Å²) in [6.45, 7) is 3.08. The van der Waals surface area contributed by atoms with E-state index in [0.717, 1.165) is 6.71 Å². The van der Waals surface area contributed by atoms with Gasteiger partial charge in [0.15, 0.2) is 6.71 Å². The molecule has 5 heavy (non-hydrogen) atoms. The standard InChI is InChI=1S/C4H7B/c1-2-5-3-4-5/h3-4H,2H2,1H3. The lowest BCUT2D eigenvalue weighted by Crippen LogP contribution is -1.80. The number of rotatable bonds is 1. The molecule has 0 aliphatic carbocycles. The highest BCUT2D eigenvalue weighted by atomic mass is 13.7. The van der Waals surface area contributed by atoms with E-state index in [9.17, 15) is 0 Å². The molecular weight excluding hydrogens is 58.9 g/mol. The van der Waals surface area contributed by atoms with Crippen LogP contribution in [0, 0.1) is 0 Å². The third kappa shape index (κ3) is 0.537. The molecule has 1 heterocycles. The Balaban J connectivity index is 2.06. The third-order valence-electron chi connectivity index (χ3n) is 0.936. The maximum atomic E-state index is 2.22. The first kappa shape index (κ1) is 3.01. The first-order valence-electron chi connectivity index (χ1n) is 2.12. The van der Waals surface area contributed by atoms with Crippen molar-refractivity contribution in [2.24, 2.45) is 0 Å². The highest BCUT2D eigenvalue weighted by Gasteiger charge is 2.10. The fourth-order valence-corrected chi connectivity index (χ4v) is 0.351. The monoisotopic (exact) mass is 66.1 g/mol. The molecule has 26 valence electrons. The van der Waals surface area contributed by atoms with Crippen LogP contribution in [0.3, 0.4) is 0 Å².